The summed E-state index contributed by atoms with van der Waals surface area (Å²) in [6, 6.07) is 0. The lowest BCUT2D eigenvalue weighted by Crippen LogP contribution is -2.77. The second kappa shape index (κ2) is 10.8. The number of halogens is 1. The summed E-state index contributed by atoms with van der Waals surface area (Å²) >= 11 is 2.12. The topological polar surface area (TPSA) is 0 Å². The van der Waals surface area contributed by atoms with E-state index in [9.17, 15) is 0 Å². The smallest absolute Gasteiger partial charge is 0.120 e. The first kappa shape index (κ1) is 23.0. The van der Waals surface area contributed by atoms with Crippen molar-refractivity contribution in [2.45, 2.75) is 0 Å². The van der Waals surface area contributed by atoms with Gasteiger partial charge in [-0.15, -0.1) is 0 Å². The van der Waals surface area contributed by atoms with E-state index in [-0.39, 0.29) is 10.7 Å². The Labute approximate surface area is 161 Å². The predicted molar refractivity (Wildman–Crippen MR) is 129 cm³/mol. The Kier molecular flexibility index (Phi) is 11.8. The number of rotatable bonds is 9. The van der Waals surface area contributed by atoms with E-state index in [2.05, 4.69) is 22.4 Å². The molecule has 0 unspecified atom stereocenters. The van der Waals surface area contributed by atoms with Gasteiger partial charge in [0.25, 0.3) is 0 Å². The molecule has 0 fully saturated rings. The van der Waals surface area contributed by atoms with Gasteiger partial charge in [-0.3, -0.25) is 0 Å². The molecular weight excluding hydrogens is 343 g/mol. The van der Waals surface area contributed by atoms with Crippen molar-refractivity contribution >= 4 is 162 Å². The van der Waals surface area contributed by atoms with E-state index >= 15 is 0 Å². The van der Waals surface area contributed by atoms with Crippen LogP contribution in [0.3, 0.4) is 0 Å². The van der Waals surface area contributed by atoms with Crippen LogP contribution in [-0.2, 0) is 0 Å². The zero-order chi connectivity index (χ0) is 16.9. The van der Waals surface area contributed by atoms with Crippen molar-refractivity contribution in [1.29, 1.82) is 0 Å². The third-order valence-corrected chi connectivity index (χ3v) is 5.29. The average Bonchev–Trinajstić information content (AvgIpc) is 2.32. The first-order valence-corrected chi connectivity index (χ1v) is 7.80. The monoisotopic (exact) mass is 347 g/mol. The van der Waals surface area contributed by atoms with Crippen LogP contribution in [0.5, 0.6) is 0 Å². The highest BCUT2D eigenvalue weighted by atomic mass is 127. The quantitative estimate of drug-likeness (QED) is 0.289. The van der Waals surface area contributed by atoms with Crippen LogP contribution < -0.4 is 0 Å². The first-order valence-electron chi connectivity index (χ1n) is 6.55. The maximum atomic E-state index is 6.06. The highest BCUT2D eigenvalue weighted by molar-refractivity contribution is 14.1. The van der Waals surface area contributed by atoms with Gasteiger partial charge in [-0.2, -0.15) is 22.4 Å². The molecule has 21 radical (unpaired) electrons. The Morgan fingerprint density at radius 2 is 0.905 bits per heavy atom. The van der Waals surface area contributed by atoms with Crippen LogP contribution in [0.2, 0.25) is 0 Å². The maximum absolute atomic E-state index is 6.06. The SMILES string of the molecule is [B][B]B([B])B(B(I)B(B([B])[B])B([B])[B])B(B([B])[B])B([B])[B]. The van der Waals surface area contributed by atoms with E-state index in [1.54, 1.807) is 0 Å². The van der Waals surface area contributed by atoms with Crippen molar-refractivity contribution in [2.24, 2.45) is 0 Å². The van der Waals surface area contributed by atoms with Gasteiger partial charge in [0.2, 0.25) is 0 Å². The molecule has 21 heteroatoms. The summed E-state index contributed by atoms with van der Waals surface area (Å²) < 4.78 is -0.272. The largest absolute Gasteiger partial charge is 0.173 e. The summed E-state index contributed by atoms with van der Waals surface area (Å²) in [7, 11) is 59.3. The molecule has 67 valence electrons. The summed E-state index contributed by atoms with van der Waals surface area (Å²) in [5, 5.41) is 0. The van der Waals surface area contributed by atoms with E-state index in [1.165, 1.54) is 7.06 Å². The third-order valence-electron chi connectivity index (χ3n) is 3.62. The second-order valence-corrected chi connectivity index (χ2v) is 6.69. The van der Waals surface area contributed by atoms with Gasteiger partial charge in [-0.05, 0) is 0 Å². The van der Waals surface area contributed by atoms with Crippen molar-refractivity contribution in [3.8, 4) is 0 Å². The minimum Gasteiger partial charge on any atom is -0.173 e. The van der Waals surface area contributed by atoms with E-state index in [0.717, 1.165) is 0 Å². The number of hydrogen-bond acceptors (Lipinski definition) is 0. The van der Waals surface area contributed by atoms with Crippen LogP contribution in [-0.4, -0.2) is 140 Å². The molecule has 0 amide bonds. The molecule has 0 aliphatic heterocycles. The zero-order valence-corrected chi connectivity index (χ0v) is 14.1. The Morgan fingerprint density at radius 1 is 0.571 bits per heavy atom. The molecular formula is B20I. The highest BCUT2D eigenvalue weighted by Crippen LogP contribution is 2.12. The van der Waals surface area contributed by atoms with Gasteiger partial charge in [0.15, 0.2) is 0 Å². The minimum atomic E-state index is -0.790. The fourth-order valence-electron chi connectivity index (χ4n) is 2.52. The van der Waals surface area contributed by atoms with Crippen molar-refractivity contribution < 1.29 is 0 Å². The Balaban J connectivity index is 5.58. The molecule has 0 aromatic rings. The van der Waals surface area contributed by atoms with Gasteiger partial charge in [0.1, 0.15) is 4.35 Å². The molecule has 0 N–H and O–H groups in total. The molecule has 0 rings (SSSR count). The molecule has 0 aliphatic rings. The molecule has 0 spiro atoms. The Bertz CT molecular complexity index is 251. The normalized spacial score (nSPS) is 9.19. The van der Waals surface area contributed by atoms with Crippen LogP contribution in [0.25, 0.3) is 0 Å². The van der Waals surface area contributed by atoms with Gasteiger partial charge in [0.05, 0.1) is 0 Å². The molecule has 0 aromatic carbocycles. The lowest BCUT2D eigenvalue weighted by molar-refractivity contribution is 3.38. The summed E-state index contributed by atoms with van der Waals surface area (Å²) in [5.41, 5.74) is 0. The summed E-state index contributed by atoms with van der Waals surface area (Å²) in [6.07, 6.45) is -4.98. The summed E-state index contributed by atoms with van der Waals surface area (Å²) in [5.74, 6) is 0. The lowest BCUT2D eigenvalue weighted by atomic mass is 8.45. The molecule has 0 atom stereocenters. The van der Waals surface area contributed by atoms with E-state index < -0.39 is 44.7 Å². The van der Waals surface area contributed by atoms with Gasteiger partial charge >= 0.3 is 0 Å². The van der Waals surface area contributed by atoms with Crippen LogP contribution in [0.4, 0.5) is 0 Å². The van der Waals surface area contributed by atoms with Gasteiger partial charge < -0.3 is 0 Å². The van der Waals surface area contributed by atoms with Crippen LogP contribution >= 0.6 is 22.4 Å². The first-order chi connectivity index (χ1) is 9.56. The highest BCUT2D eigenvalue weighted by Gasteiger charge is 2.45. The molecule has 0 bridgehead atoms. The molecule has 0 aromatic heterocycles. The molecule has 0 heterocycles. The van der Waals surface area contributed by atoms with E-state index in [0.29, 0.717) is 0 Å². The molecule has 0 saturated carbocycles. The minimum absolute atomic E-state index is 0.272. The third kappa shape index (κ3) is 6.81. The van der Waals surface area contributed by atoms with Crippen molar-refractivity contribution in [2.75, 3.05) is 0 Å². The molecule has 0 aliphatic carbocycles. The summed E-state index contributed by atoms with van der Waals surface area (Å²) in [6.45, 7) is 0. The summed E-state index contributed by atoms with van der Waals surface area (Å²) in [4.78, 5) is 0. The lowest BCUT2D eigenvalue weighted by Gasteiger charge is -2.39. The van der Waals surface area contributed by atoms with Crippen molar-refractivity contribution in [3.63, 3.8) is 0 Å². The predicted octanol–water partition coefficient (Wildman–Crippen LogP) is -6.73. The maximum Gasteiger partial charge on any atom is 0.120 e. The van der Waals surface area contributed by atoms with Gasteiger partial charge in [-0.25, -0.2) is 0 Å². The van der Waals surface area contributed by atoms with Crippen LogP contribution in [0.1, 0.15) is 0 Å². The van der Waals surface area contributed by atoms with Gasteiger partial charge in [0, 0.05) is 136 Å². The molecule has 21 heavy (non-hydrogen) atoms. The molecule has 0 nitrogen and oxygen atoms in total. The van der Waals surface area contributed by atoms with Crippen LogP contribution in [0, 0.1) is 0 Å². The van der Waals surface area contributed by atoms with E-state index in [1.807, 2.05) is 0 Å². The fraction of sp³-hybridized carbons (Fsp3) is 0. The Morgan fingerprint density at radius 3 is 1.14 bits per heavy atom. The average molecular weight is 343 g/mol. The Hall–Kier alpha value is 2.03. The molecule has 0 saturated heterocycles. The standard InChI is InChI=1S/B20I/c1-11-16(10)19(17(12(2)3)13(4)5)20(21)18(14(6)7)15(8)9. The fourth-order valence-corrected chi connectivity index (χ4v) is 4.43. The van der Waals surface area contributed by atoms with Gasteiger partial charge in [-0.1, -0.05) is 0 Å². The second-order valence-electron chi connectivity index (χ2n) is 5.26. The van der Waals surface area contributed by atoms with E-state index in [4.69, 9.17) is 77.4 Å². The van der Waals surface area contributed by atoms with Crippen molar-refractivity contribution in [3.05, 3.63) is 0 Å². The zero-order valence-electron chi connectivity index (χ0n) is 11.9. The number of hydrogen-bond donors (Lipinski definition) is 0. The van der Waals surface area contributed by atoms with Crippen LogP contribution in [0.15, 0.2) is 0 Å². The van der Waals surface area contributed by atoms with Crippen molar-refractivity contribution in [1.82, 2.24) is 0 Å².